The van der Waals surface area contributed by atoms with E-state index in [1.807, 2.05) is 13.0 Å². The molecule has 0 aliphatic heterocycles. The van der Waals surface area contributed by atoms with Crippen LogP contribution in [0.4, 0.5) is 0 Å². The predicted octanol–water partition coefficient (Wildman–Crippen LogP) is 5.09. The third kappa shape index (κ3) is 11.5. The highest BCUT2D eigenvalue weighted by molar-refractivity contribution is 5.09. The van der Waals surface area contributed by atoms with E-state index in [1.165, 1.54) is 11.1 Å². The van der Waals surface area contributed by atoms with Gasteiger partial charge in [-0.2, -0.15) is 0 Å². The number of hydrogen-bond donors (Lipinski definition) is 2. The predicted molar refractivity (Wildman–Crippen MR) is 96.9 cm³/mol. The van der Waals surface area contributed by atoms with Gasteiger partial charge in [0.2, 0.25) is 0 Å². The summed E-state index contributed by atoms with van der Waals surface area (Å²) in [5.41, 5.74) is 2.91. The van der Waals surface area contributed by atoms with Gasteiger partial charge in [0.25, 0.3) is 0 Å². The van der Waals surface area contributed by atoms with Crippen LogP contribution in [0.2, 0.25) is 0 Å². The average Bonchev–Trinajstić information content (AvgIpc) is 2.37. The molecule has 0 amide bonds. The van der Waals surface area contributed by atoms with Crippen LogP contribution >= 0.6 is 0 Å². The zero-order valence-electron chi connectivity index (χ0n) is 15.0. The second kappa shape index (κ2) is 10.6. The molecule has 0 aromatic carbocycles. The van der Waals surface area contributed by atoms with E-state index in [0.717, 1.165) is 24.8 Å². The van der Waals surface area contributed by atoms with Crippen LogP contribution in [0.5, 0.6) is 0 Å². The molecule has 0 spiro atoms. The summed E-state index contributed by atoms with van der Waals surface area (Å²) in [5, 5.41) is 20.0. The van der Waals surface area contributed by atoms with Crippen LogP contribution in [0.1, 0.15) is 66.7 Å². The highest BCUT2D eigenvalue weighted by Gasteiger charge is 2.13. The first-order chi connectivity index (χ1) is 10.2. The van der Waals surface area contributed by atoms with Gasteiger partial charge >= 0.3 is 0 Å². The summed E-state index contributed by atoms with van der Waals surface area (Å²) < 4.78 is 0. The number of aliphatic hydroxyl groups excluding tert-OH is 1. The molecule has 0 rings (SSSR count). The molecule has 0 aliphatic carbocycles. The first kappa shape index (κ1) is 20.9. The summed E-state index contributed by atoms with van der Waals surface area (Å²) in [5.74, 6) is 0. The van der Waals surface area contributed by atoms with Crippen LogP contribution < -0.4 is 0 Å². The van der Waals surface area contributed by atoms with E-state index in [0.29, 0.717) is 12.8 Å². The van der Waals surface area contributed by atoms with Crippen LogP contribution in [0, 0.1) is 0 Å². The Kier molecular flexibility index (Phi) is 10.0. The zero-order valence-corrected chi connectivity index (χ0v) is 15.0. The van der Waals surface area contributed by atoms with E-state index >= 15 is 0 Å². The average molecular weight is 306 g/mol. The number of hydrogen-bond acceptors (Lipinski definition) is 2. The molecule has 0 bridgehead atoms. The van der Waals surface area contributed by atoms with Crippen molar-refractivity contribution in [2.75, 3.05) is 0 Å². The fourth-order valence-electron chi connectivity index (χ4n) is 2.19. The van der Waals surface area contributed by atoms with Crippen molar-refractivity contribution in [1.82, 2.24) is 0 Å². The molecule has 2 atom stereocenters. The molecule has 2 unspecified atom stereocenters. The maximum atomic E-state index is 10.1. The lowest BCUT2D eigenvalue weighted by Crippen LogP contribution is -2.19. The lowest BCUT2D eigenvalue weighted by atomic mass is 9.98. The molecule has 0 aromatic heterocycles. The number of aliphatic hydroxyl groups is 2. The maximum Gasteiger partial charge on any atom is 0.0800 e. The summed E-state index contributed by atoms with van der Waals surface area (Å²) in [7, 11) is 0. The molecule has 0 heterocycles. The van der Waals surface area contributed by atoms with Crippen molar-refractivity contribution < 1.29 is 10.2 Å². The summed E-state index contributed by atoms with van der Waals surface area (Å²) in [6.45, 7) is 13.7. The minimum atomic E-state index is -0.809. The Morgan fingerprint density at radius 3 is 2.27 bits per heavy atom. The molecule has 0 radical (unpaired) electrons. The largest absolute Gasteiger partial charge is 0.389 e. The second-order valence-electron chi connectivity index (χ2n) is 6.76. The summed E-state index contributed by atoms with van der Waals surface area (Å²) >= 11 is 0. The first-order valence-electron chi connectivity index (χ1n) is 8.16. The van der Waals surface area contributed by atoms with Gasteiger partial charge in [0.05, 0.1) is 11.7 Å². The minimum absolute atomic E-state index is 0.428. The fraction of sp³-hybridized carbons (Fsp3) is 0.600. The van der Waals surface area contributed by atoms with Crippen molar-refractivity contribution in [1.29, 1.82) is 0 Å². The van der Waals surface area contributed by atoms with Crippen LogP contribution in [-0.2, 0) is 0 Å². The second-order valence-corrected chi connectivity index (χ2v) is 6.76. The lowest BCUT2D eigenvalue weighted by molar-refractivity contribution is 0.103. The number of allylic oxidation sites excluding steroid dienone is 4. The van der Waals surface area contributed by atoms with Gasteiger partial charge < -0.3 is 10.2 Å². The van der Waals surface area contributed by atoms with Gasteiger partial charge in [-0.05, 0) is 66.7 Å². The van der Waals surface area contributed by atoms with Gasteiger partial charge in [-0.15, -0.1) is 6.58 Å². The molecular weight excluding hydrogens is 272 g/mol. The van der Waals surface area contributed by atoms with E-state index in [1.54, 1.807) is 13.0 Å². The molecule has 126 valence electrons. The summed E-state index contributed by atoms with van der Waals surface area (Å²) in [6, 6.07) is 0. The molecular formula is C20H34O2. The highest BCUT2D eigenvalue weighted by atomic mass is 16.3. The normalized spacial score (nSPS) is 16.9. The first-order valence-corrected chi connectivity index (χ1v) is 8.16. The molecule has 0 saturated carbocycles. The Morgan fingerprint density at radius 2 is 1.73 bits per heavy atom. The molecule has 2 N–H and O–H groups in total. The third-order valence-electron chi connectivity index (χ3n) is 3.68. The Bertz CT molecular complexity index is 421. The quantitative estimate of drug-likeness (QED) is 0.552. The minimum Gasteiger partial charge on any atom is -0.389 e. The zero-order chi connectivity index (χ0) is 17.2. The van der Waals surface area contributed by atoms with Gasteiger partial charge in [-0.3, -0.25) is 0 Å². The van der Waals surface area contributed by atoms with Crippen molar-refractivity contribution in [2.24, 2.45) is 0 Å². The van der Waals surface area contributed by atoms with Crippen molar-refractivity contribution >= 4 is 0 Å². The third-order valence-corrected chi connectivity index (χ3v) is 3.68. The molecule has 0 saturated heterocycles. The summed E-state index contributed by atoms with van der Waals surface area (Å²) in [4.78, 5) is 0. The van der Waals surface area contributed by atoms with Crippen LogP contribution in [-0.4, -0.2) is 21.9 Å². The molecule has 2 heteroatoms. The molecule has 0 aromatic rings. The summed E-state index contributed by atoms with van der Waals surface area (Å²) in [6.07, 6.45) is 11.5. The Hall–Kier alpha value is -1.12. The van der Waals surface area contributed by atoms with Gasteiger partial charge in [-0.25, -0.2) is 0 Å². The van der Waals surface area contributed by atoms with E-state index in [9.17, 15) is 10.2 Å². The topological polar surface area (TPSA) is 40.5 Å². The fourth-order valence-corrected chi connectivity index (χ4v) is 2.19. The molecule has 0 fully saturated rings. The van der Waals surface area contributed by atoms with Crippen molar-refractivity contribution in [2.45, 2.75) is 78.4 Å². The van der Waals surface area contributed by atoms with E-state index in [4.69, 9.17) is 0 Å². The van der Waals surface area contributed by atoms with Gasteiger partial charge in [-0.1, -0.05) is 41.0 Å². The smallest absolute Gasteiger partial charge is 0.0800 e. The van der Waals surface area contributed by atoms with Crippen LogP contribution in [0.15, 0.2) is 47.6 Å². The monoisotopic (exact) mass is 306 g/mol. The van der Waals surface area contributed by atoms with Crippen LogP contribution in [0.25, 0.3) is 0 Å². The van der Waals surface area contributed by atoms with Gasteiger partial charge in [0.1, 0.15) is 0 Å². The van der Waals surface area contributed by atoms with Crippen molar-refractivity contribution in [3.8, 4) is 0 Å². The van der Waals surface area contributed by atoms with E-state index < -0.39 is 11.7 Å². The Balaban J connectivity index is 4.25. The Labute approximate surface area is 137 Å². The molecule has 22 heavy (non-hydrogen) atoms. The van der Waals surface area contributed by atoms with Crippen molar-refractivity contribution in [3.63, 3.8) is 0 Å². The standard InChI is InChI=1S/C20H34O2/c1-7-20(6,22)13-9-12-18(5)15-19(21)14-17(4)11-8-10-16(2)3/h7,10,12,14,19,21-22H,1,8-9,11,13,15H2,2-6H3/b17-14+,18-12?. The van der Waals surface area contributed by atoms with Crippen LogP contribution in [0.3, 0.4) is 0 Å². The SMILES string of the molecule is C=CC(C)(O)CCC=C(C)CC(O)/C=C(\C)CCC=C(C)C. The van der Waals surface area contributed by atoms with Gasteiger partial charge in [0, 0.05) is 0 Å². The molecule has 0 aliphatic rings. The maximum absolute atomic E-state index is 10.1. The van der Waals surface area contributed by atoms with E-state index in [-0.39, 0.29) is 0 Å². The van der Waals surface area contributed by atoms with Gasteiger partial charge in [0.15, 0.2) is 0 Å². The van der Waals surface area contributed by atoms with E-state index in [2.05, 4.69) is 39.5 Å². The van der Waals surface area contributed by atoms with Crippen molar-refractivity contribution in [3.05, 3.63) is 47.6 Å². The lowest BCUT2D eigenvalue weighted by Gasteiger charge is -2.17. The number of rotatable bonds is 10. The highest BCUT2D eigenvalue weighted by Crippen LogP contribution is 2.16. The Morgan fingerprint density at radius 1 is 1.09 bits per heavy atom. The molecule has 2 nitrogen and oxygen atoms in total.